The summed E-state index contributed by atoms with van der Waals surface area (Å²) in [5.41, 5.74) is 0.879. The summed E-state index contributed by atoms with van der Waals surface area (Å²) in [7, 11) is 0. The number of rotatable bonds is 13. The van der Waals surface area contributed by atoms with Crippen LogP contribution < -0.4 is 4.74 Å². The van der Waals surface area contributed by atoms with Gasteiger partial charge in [0.15, 0.2) is 0 Å². The van der Waals surface area contributed by atoms with Crippen LogP contribution in [0.4, 0.5) is 0 Å². The zero-order valence-electron chi connectivity index (χ0n) is 13.7. The van der Waals surface area contributed by atoms with Crippen LogP contribution in [0, 0.1) is 0 Å². The number of hydrogen-bond donors (Lipinski definition) is 1. The molecular weight excluding hydrogens is 260 g/mol. The fourth-order valence-corrected chi connectivity index (χ4v) is 2.55. The van der Waals surface area contributed by atoms with Crippen LogP contribution in [-0.2, 0) is 6.61 Å². The average Bonchev–Trinajstić information content (AvgIpc) is 2.53. The quantitative estimate of drug-likeness (QED) is 0.488. The van der Waals surface area contributed by atoms with Crippen molar-refractivity contribution in [3.8, 4) is 5.75 Å². The molecule has 0 amide bonds. The molecule has 0 bridgehead atoms. The van der Waals surface area contributed by atoms with Gasteiger partial charge in [-0.3, -0.25) is 0 Å². The monoisotopic (exact) mass is 292 g/mol. The molecular formula is C19H32O2. The Bertz CT molecular complexity index is 349. The van der Waals surface area contributed by atoms with Crippen LogP contribution in [-0.4, -0.2) is 11.7 Å². The van der Waals surface area contributed by atoms with Gasteiger partial charge in [-0.25, -0.2) is 0 Å². The first-order chi connectivity index (χ1) is 10.4. The van der Waals surface area contributed by atoms with Gasteiger partial charge < -0.3 is 9.84 Å². The highest BCUT2D eigenvalue weighted by Crippen LogP contribution is 2.18. The Hall–Kier alpha value is -1.02. The highest BCUT2D eigenvalue weighted by molar-refractivity contribution is 5.32. The maximum atomic E-state index is 9.22. The van der Waals surface area contributed by atoms with Gasteiger partial charge in [-0.2, -0.15) is 0 Å². The van der Waals surface area contributed by atoms with E-state index in [0.29, 0.717) is 0 Å². The molecule has 120 valence electrons. The normalized spacial score (nSPS) is 10.8. The second-order valence-corrected chi connectivity index (χ2v) is 5.80. The SMILES string of the molecule is CCCCCCCCCCCCOc1ccccc1CO. The molecule has 0 saturated heterocycles. The second-order valence-electron chi connectivity index (χ2n) is 5.80. The first kappa shape index (κ1) is 18.0. The Kier molecular flexibility index (Phi) is 10.9. The van der Waals surface area contributed by atoms with E-state index in [1.807, 2.05) is 24.3 Å². The molecule has 0 radical (unpaired) electrons. The third kappa shape index (κ3) is 8.77. The van der Waals surface area contributed by atoms with E-state index in [9.17, 15) is 5.11 Å². The van der Waals surface area contributed by atoms with E-state index >= 15 is 0 Å². The number of benzene rings is 1. The summed E-state index contributed by atoms with van der Waals surface area (Å²) in [4.78, 5) is 0. The topological polar surface area (TPSA) is 29.5 Å². The fraction of sp³-hybridized carbons (Fsp3) is 0.684. The van der Waals surface area contributed by atoms with Gasteiger partial charge in [-0.15, -0.1) is 0 Å². The number of hydrogen-bond acceptors (Lipinski definition) is 2. The average molecular weight is 292 g/mol. The van der Waals surface area contributed by atoms with Gasteiger partial charge in [0.1, 0.15) is 5.75 Å². The summed E-state index contributed by atoms with van der Waals surface area (Å²) in [5.74, 6) is 0.830. The summed E-state index contributed by atoms with van der Waals surface area (Å²) in [6.07, 6.45) is 13.4. The van der Waals surface area contributed by atoms with Crippen molar-refractivity contribution in [3.63, 3.8) is 0 Å². The highest BCUT2D eigenvalue weighted by atomic mass is 16.5. The molecule has 1 rings (SSSR count). The molecule has 0 aromatic heterocycles. The fourth-order valence-electron chi connectivity index (χ4n) is 2.55. The van der Waals surface area contributed by atoms with Gasteiger partial charge >= 0.3 is 0 Å². The van der Waals surface area contributed by atoms with Gasteiger partial charge in [-0.1, -0.05) is 82.9 Å². The van der Waals surface area contributed by atoms with Crippen molar-refractivity contribution in [2.24, 2.45) is 0 Å². The standard InChI is InChI=1S/C19H32O2/c1-2-3-4-5-6-7-8-9-10-13-16-21-19-15-12-11-14-18(19)17-20/h11-12,14-15,20H,2-10,13,16-17H2,1H3. The van der Waals surface area contributed by atoms with E-state index in [1.165, 1.54) is 57.8 Å². The van der Waals surface area contributed by atoms with Crippen molar-refractivity contribution in [2.75, 3.05) is 6.61 Å². The highest BCUT2D eigenvalue weighted by Gasteiger charge is 2.00. The lowest BCUT2D eigenvalue weighted by molar-refractivity contribution is 0.260. The minimum Gasteiger partial charge on any atom is -0.493 e. The van der Waals surface area contributed by atoms with Gasteiger partial charge in [0, 0.05) is 5.56 Å². The van der Waals surface area contributed by atoms with Crippen LogP contribution in [0.1, 0.15) is 76.7 Å². The number of aliphatic hydroxyl groups is 1. The Balaban J connectivity index is 1.93. The molecule has 21 heavy (non-hydrogen) atoms. The lowest BCUT2D eigenvalue weighted by Gasteiger charge is -2.09. The van der Waals surface area contributed by atoms with Crippen molar-refractivity contribution >= 4 is 0 Å². The number of para-hydroxylation sites is 1. The zero-order chi connectivity index (χ0) is 15.2. The Labute approximate surface area is 130 Å². The summed E-state index contributed by atoms with van der Waals surface area (Å²) in [6.45, 7) is 3.07. The maximum absolute atomic E-state index is 9.22. The van der Waals surface area contributed by atoms with Crippen molar-refractivity contribution in [1.82, 2.24) is 0 Å². The third-order valence-electron chi connectivity index (χ3n) is 3.90. The molecule has 0 unspecified atom stereocenters. The molecule has 0 aliphatic carbocycles. The molecule has 0 saturated carbocycles. The van der Waals surface area contributed by atoms with Crippen molar-refractivity contribution in [1.29, 1.82) is 0 Å². The minimum atomic E-state index is 0.0498. The molecule has 0 heterocycles. The van der Waals surface area contributed by atoms with Gasteiger partial charge in [0.2, 0.25) is 0 Å². The Morgan fingerprint density at radius 2 is 1.38 bits per heavy atom. The molecule has 0 aliphatic rings. The van der Waals surface area contributed by atoms with E-state index in [4.69, 9.17) is 4.74 Å². The van der Waals surface area contributed by atoms with Crippen molar-refractivity contribution < 1.29 is 9.84 Å². The molecule has 2 nitrogen and oxygen atoms in total. The number of aliphatic hydroxyl groups excluding tert-OH is 1. The summed E-state index contributed by atoms with van der Waals surface area (Å²) < 4.78 is 5.74. The van der Waals surface area contributed by atoms with Crippen LogP contribution in [0.25, 0.3) is 0 Å². The van der Waals surface area contributed by atoms with E-state index in [2.05, 4.69) is 6.92 Å². The van der Waals surface area contributed by atoms with Crippen molar-refractivity contribution in [3.05, 3.63) is 29.8 Å². The van der Waals surface area contributed by atoms with E-state index in [1.54, 1.807) is 0 Å². The predicted molar refractivity (Wildman–Crippen MR) is 89.7 cm³/mol. The second kappa shape index (κ2) is 12.7. The minimum absolute atomic E-state index is 0.0498. The zero-order valence-corrected chi connectivity index (χ0v) is 13.7. The molecule has 2 heteroatoms. The van der Waals surface area contributed by atoms with Crippen molar-refractivity contribution in [2.45, 2.75) is 77.7 Å². The van der Waals surface area contributed by atoms with E-state index in [-0.39, 0.29) is 6.61 Å². The van der Waals surface area contributed by atoms with Crippen LogP contribution in [0.15, 0.2) is 24.3 Å². The Morgan fingerprint density at radius 3 is 2.00 bits per heavy atom. The Morgan fingerprint density at radius 1 is 0.810 bits per heavy atom. The first-order valence-corrected chi connectivity index (χ1v) is 8.70. The molecule has 0 atom stereocenters. The summed E-state index contributed by atoms with van der Waals surface area (Å²) in [5, 5.41) is 9.22. The van der Waals surface area contributed by atoms with Gasteiger partial charge in [-0.05, 0) is 12.5 Å². The number of ether oxygens (including phenoxy) is 1. The van der Waals surface area contributed by atoms with Gasteiger partial charge in [0.05, 0.1) is 13.2 Å². The predicted octanol–water partition coefficient (Wildman–Crippen LogP) is 5.48. The smallest absolute Gasteiger partial charge is 0.124 e. The molecule has 1 N–H and O–H groups in total. The first-order valence-electron chi connectivity index (χ1n) is 8.70. The molecule has 1 aromatic rings. The maximum Gasteiger partial charge on any atom is 0.124 e. The van der Waals surface area contributed by atoms with Crippen LogP contribution in [0.5, 0.6) is 5.75 Å². The lowest BCUT2D eigenvalue weighted by Crippen LogP contribution is -2.00. The largest absolute Gasteiger partial charge is 0.493 e. The van der Waals surface area contributed by atoms with Crippen LogP contribution >= 0.6 is 0 Å². The molecule has 0 aliphatic heterocycles. The van der Waals surface area contributed by atoms with Crippen LogP contribution in [0.2, 0.25) is 0 Å². The summed E-state index contributed by atoms with van der Waals surface area (Å²) in [6, 6.07) is 7.72. The van der Waals surface area contributed by atoms with Gasteiger partial charge in [0.25, 0.3) is 0 Å². The number of unbranched alkanes of at least 4 members (excludes halogenated alkanes) is 9. The van der Waals surface area contributed by atoms with Crippen LogP contribution in [0.3, 0.4) is 0 Å². The van der Waals surface area contributed by atoms with E-state index < -0.39 is 0 Å². The third-order valence-corrected chi connectivity index (χ3v) is 3.90. The lowest BCUT2D eigenvalue weighted by atomic mass is 10.1. The molecule has 0 fully saturated rings. The summed E-state index contributed by atoms with van der Waals surface area (Å²) >= 11 is 0. The molecule has 1 aromatic carbocycles. The van der Waals surface area contributed by atoms with E-state index in [0.717, 1.165) is 24.3 Å². The molecule has 0 spiro atoms.